The number of rotatable bonds is 2. The van der Waals surface area contributed by atoms with Gasteiger partial charge in [-0.1, -0.05) is 0 Å². The Bertz CT molecular complexity index is 508. The minimum Gasteiger partial charge on any atom is -0.336 e. The molecule has 2 rings (SSSR count). The Morgan fingerprint density at radius 2 is 1.79 bits per heavy atom. The van der Waals surface area contributed by atoms with Gasteiger partial charge in [-0.3, -0.25) is 9.59 Å². The van der Waals surface area contributed by atoms with Gasteiger partial charge in [-0.05, 0) is 37.7 Å². The Morgan fingerprint density at radius 3 is 2.32 bits per heavy atom. The van der Waals surface area contributed by atoms with Gasteiger partial charge in [0.15, 0.2) is 0 Å². The van der Waals surface area contributed by atoms with Crippen molar-refractivity contribution in [2.24, 2.45) is 0 Å². The molecule has 0 N–H and O–H groups in total. The Labute approximate surface area is 126 Å². The van der Waals surface area contributed by atoms with Gasteiger partial charge in [0.1, 0.15) is 0 Å². The fourth-order valence-corrected chi connectivity index (χ4v) is 2.81. The molecule has 19 heavy (non-hydrogen) atoms. The number of hydrogen-bond acceptors (Lipinski definition) is 3. The zero-order valence-corrected chi connectivity index (χ0v) is 13.3. The number of carbonyl (C=O) groups excluding carboxylic acids is 2. The number of carbonyl (C=O) groups is 2. The van der Waals surface area contributed by atoms with Crippen molar-refractivity contribution in [2.45, 2.75) is 6.92 Å². The van der Waals surface area contributed by atoms with Crippen LogP contribution in [0.4, 0.5) is 0 Å². The van der Waals surface area contributed by atoms with Gasteiger partial charge in [0, 0.05) is 59.9 Å². The summed E-state index contributed by atoms with van der Waals surface area (Å²) >= 11 is 1.77. The highest BCUT2D eigenvalue weighted by molar-refractivity contribution is 14.1. The summed E-state index contributed by atoms with van der Waals surface area (Å²) in [5.74, 6) is 0.0589. The zero-order chi connectivity index (χ0) is 14.0. The molecule has 0 spiro atoms. The SMILES string of the molecule is Cc1cc(C(=O)N2CCN(C)CC2)ccc1C(=O)I. The van der Waals surface area contributed by atoms with Crippen LogP contribution in [0.5, 0.6) is 0 Å². The van der Waals surface area contributed by atoms with Crippen molar-refractivity contribution in [3.8, 4) is 0 Å². The molecule has 1 saturated heterocycles. The monoisotopic (exact) mass is 372 g/mol. The highest BCUT2D eigenvalue weighted by Gasteiger charge is 2.20. The summed E-state index contributed by atoms with van der Waals surface area (Å²) in [6.45, 7) is 5.22. The van der Waals surface area contributed by atoms with E-state index in [4.69, 9.17) is 0 Å². The second-order valence-corrected chi connectivity index (χ2v) is 5.88. The molecule has 1 heterocycles. The summed E-state index contributed by atoms with van der Waals surface area (Å²) in [7, 11) is 2.06. The molecule has 4 nitrogen and oxygen atoms in total. The van der Waals surface area contributed by atoms with Gasteiger partial charge in [-0.15, -0.1) is 0 Å². The molecule has 5 heteroatoms. The van der Waals surface area contributed by atoms with E-state index in [1.165, 1.54) is 0 Å². The van der Waals surface area contributed by atoms with Crippen LogP contribution in [0.15, 0.2) is 18.2 Å². The minimum absolute atomic E-state index is 0.00805. The molecule has 0 unspecified atom stereocenters. The van der Waals surface area contributed by atoms with Gasteiger partial charge in [0.2, 0.25) is 3.79 Å². The lowest BCUT2D eigenvalue weighted by atomic mass is 10.0. The summed E-state index contributed by atoms with van der Waals surface area (Å²) in [6, 6.07) is 5.31. The van der Waals surface area contributed by atoms with E-state index in [1.54, 1.807) is 34.7 Å². The third-order valence-corrected chi connectivity index (χ3v) is 4.06. The van der Waals surface area contributed by atoms with E-state index in [9.17, 15) is 9.59 Å². The maximum atomic E-state index is 12.4. The topological polar surface area (TPSA) is 40.6 Å². The molecule has 0 bridgehead atoms. The van der Waals surface area contributed by atoms with Crippen molar-refractivity contribution in [1.29, 1.82) is 0 Å². The maximum Gasteiger partial charge on any atom is 0.253 e. The Hall–Kier alpha value is -0.950. The lowest BCUT2D eigenvalue weighted by molar-refractivity contribution is 0.0664. The van der Waals surface area contributed by atoms with E-state index in [2.05, 4.69) is 11.9 Å². The average molecular weight is 372 g/mol. The fourth-order valence-electron chi connectivity index (χ4n) is 2.21. The van der Waals surface area contributed by atoms with E-state index < -0.39 is 0 Å². The zero-order valence-electron chi connectivity index (χ0n) is 11.1. The molecular formula is C14H17IN2O2. The van der Waals surface area contributed by atoms with Crippen LogP contribution < -0.4 is 0 Å². The number of aryl methyl sites for hydroxylation is 1. The van der Waals surface area contributed by atoms with Crippen LogP contribution in [0.25, 0.3) is 0 Å². The number of benzene rings is 1. The first-order valence-corrected chi connectivity index (χ1v) is 7.35. The molecule has 1 aromatic carbocycles. The summed E-state index contributed by atoms with van der Waals surface area (Å²) < 4.78 is 0.00805. The first-order chi connectivity index (χ1) is 8.99. The highest BCUT2D eigenvalue weighted by atomic mass is 127. The molecule has 0 aliphatic carbocycles. The predicted octanol–water partition coefficient (Wildman–Crippen LogP) is 1.96. The van der Waals surface area contributed by atoms with Crippen LogP contribution in [-0.4, -0.2) is 52.7 Å². The maximum absolute atomic E-state index is 12.4. The standard InChI is InChI=1S/C14H17IN2O2/c1-10-9-11(3-4-12(10)13(15)18)14(19)17-7-5-16(2)6-8-17/h3-4,9H,5-8H2,1-2H3. The van der Waals surface area contributed by atoms with Gasteiger partial charge in [-0.25, -0.2) is 0 Å². The van der Waals surface area contributed by atoms with Gasteiger partial charge < -0.3 is 9.80 Å². The molecule has 1 amide bonds. The lowest BCUT2D eigenvalue weighted by Gasteiger charge is -2.32. The van der Waals surface area contributed by atoms with Crippen molar-refractivity contribution >= 4 is 32.3 Å². The minimum atomic E-state index is 0.00805. The summed E-state index contributed by atoms with van der Waals surface area (Å²) in [4.78, 5) is 27.8. The van der Waals surface area contributed by atoms with Gasteiger partial charge in [-0.2, -0.15) is 0 Å². The van der Waals surface area contributed by atoms with Crippen molar-refractivity contribution in [3.63, 3.8) is 0 Å². The van der Waals surface area contributed by atoms with Crippen LogP contribution in [0.2, 0.25) is 0 Å². The number of nitrogens with zero attached hydrogens (tertiary/aromatic N) is 2. The second-order valence-electron chi connectivity index (χ2n) is 4.90. The van der Waals surface area contributed by atoms with Crippen molar-refractivity contribution in [3.05, 3.63) is 34.9 Å². The highest BCUT2D eigenvalue weighted by Crippen LogP contribution is 2.16. The second kappa shape index (κ2) is 6.00. The molecule has 1 aromatic rings. The third-order valence-electron chi connectivity index (χ3n) is 3.48. The Balaban J connectivity index is 2.16. The molecule has 0 atom stereocenters. The van der Waals surface area contributed by atoms with E-state index in [1.807, 2.05) is 17.9 Å². The quantitative estimate of drug-likeness (QED) is 0.589. The van der Waals surface area contributed by atoms with Gasteiger partial charge in [0.05, 0.1) is 0 Å². The van der Waals surface area contributed by atoms with Gasteiger partial charge in [0.25, 0.3) is 5.91 Å². The first-order valence-electron chi connectivity index (χ1n) is 6.27. The number of hydrogen-bond donors (Lipinski definition) is 0. The van der Waals surface area contributed by atoms with E-state index >= 15 is 0 Å². The van der Waals surface area contributed by atoms with Crippen LogP contribution in [0.3, 0.4) is 0 Å². The third kappa shape index (κ3) is 3.33. The molecular weight excluding hydrogens is 355 g/mol. The number of halogens is 1. The number of amides is 1. The molecule has 0 radical (unpaired) electrons. The Kier molecular flexibility index (Phi) is 4.57. The summed E-state index contributed by atoms with van der Waals surface area (Å²) in [6.07, 6.45) is 0. The van der Waals surface area contributed by atoms with Crippen molar-refractivity contribution in [2.75, 3.05) is 33.2 Å². The molecule has 1 aliphatic rings. The van der Waals surface area contributed by atoms with Crippen molar-refractivity contribution in [1.82, 2.24) is 9.80 Å². The van der Waals surface area contributed by atoms with Crippen LogP contribution in [-0.2, 0) is 0 Å². The van der Waals surface area contributed by atoms with Crippen LogP contribution in [0.1, 0.15) is 26.3 Å². The molecule has 0 saturated carbocycles. The Morgan fingerprint density at radius 1 is 1.16 bits per heavy atom. The van der Waals surface area contributed by atoms with Crippen LogP contribution >= 0.6 is 22.6 Å². The van der Waals surface area contributed by atoms with E-state index in [0.29, 0.717) is 11.1 Å². The number of piperazine rings is 1. The first kappa shape index (κ1) is 14.5. The fraction of sp³-hybridized carbons (Fsp3) is 0.429. The average Bonchev–Trinajstić information content (AvgIpc) is 2.38. The molecule has 102 valence electrons. The van der Waals surface area contributed by atoms with E-state index in [-0.39, 0.29) is 9.70 Å². The lowest BCUT2D eigenvalue weighted by Crippen LogP contribution is -2.47. The van der Waals surface area contributed by atoms with Gasteiger partial charge >= 0.3 is 0 Å². The normalized spacial score (nSPS) is 16.5. The van der Waals surface area contributed by atoms with Crippen LogP contribution in [0, 0.1) is 6.92 Å². The largest absolute Gasteiger partial charge is 0.336 e. The smallest absolute Gasteiger partial charge is 0.253 e. The summed E-state index contributed by atoms with van der Waals surface area (Å²) in [5, 5.41) is 0. The van der Waals surface area contributed by atoms with Crippen molar-refractivity contribution < 1.29 is 9.59 Å². The number of likely N-dealkylation sites (N-methyl/N-ethyl adjacent to an activating group) is 1. The summed E-state index contributed by atoms with van der Waals surface area (Å²) in [5.41, 5.74) is 2.21. The molecule has 1 fully saturated rings. The molecule has 0 aromatic heterocycles. The molecule has 1 aliphatic heterocycles. The van der Waals surface area contributed by atoms with E-state index in [0.717, 1.165) is 31.7 Å². The predicted molar refractivity (Wildman–Crippen MR) is 82.9 cm³/mol.